The molecule has 2 N–H and O–H groups in total. The second-order valence-corrected chi connectivity index (χ2v) is 4.56. The largest absolute Gasteiger partial charge is 0.507 e. The van der Waals surface area contributed by atoms with Crippen molar-refractivity contribution in [2.45, 2.75) is 6.42 Å². The molecule has 0 unspecified atom stereocenters. The summed E-state index contributed by atoms with van der Waals surface area (Å²) < 4.78 is 0. The Morgan fingerprint density at radius 3 is 2.47 bits per heavy atom. The highest BCUT2D eigenvalue weighted by Gasteiger charge is 2.09. The first-order chi connectivity index (χ1) is 9.16. The van der Waals surface area contributed by atoms with E-state index in [9.17, 15) is 9.90 Å². The predicted molar refractivity (Wildman–Crippen MR) is 77.0 cm³/mol. The molecule has 0 fully saturated rings. The number of anilines is 1. The highest BCUT2D eigenvalue weighted by molar-refractivity contribution is 6.30. The molecule has 0 aliphatic rings. The lowest BCUT2D eigenvalue weighted by atomic mass is 10.1. The van der Waals surface area contributed by atoms with Crippen molar-refractivity contribution < 1.29 is 9.90 Å². The molecule has 2 rings (SSSR count). The molecule has 0 radical (unpaired) electrons. The van der Waals surface area contributed by atoms with E-state index < -0.39 is 0 Å². The molecule has 0 aromatic heterocycles. The van der Waals surface area contributed by atoms with Gasteiger partial charge in [-0.25, -0.2) is 0 Å². The molecule has 4 heteroatoms. The first kappa shape index (κ1) is 13.4. The van der Waals surface area contributed by atoms with Crippen LogP contribution in [0.5, 0.6) is 5.75 Å². The van der Waals surface area contributed by atoms with Gasteiger partial charge in [-0.3, -0.25) is 4.79 Å². The average molecular weight is 276 g/mol. The molecule has 0 amide bonds. The van der Waals surface area contributed by atoms with Gasteiger partial charge in [-0.2, -0.15) is 0 Å². The van der Waals surface area contributed by atoms with Crippen molar-refractivity contribution >= 4 is 23.1 Å². The maximum atomic E-state index is 11.9. The number of aromatic hydroxyl groups is 1. The number of phenols is 1. The van der Waals surface area contributed by atoms with Gasteiger partial charge in [-0.1, -0.05) is 23.7 Å². The van der Waals surface area contributed by atoms with E-state index in [1.54, 1.807) is 30.3 Å². The summed E-state index contributed by atoms with van der Waals surface area (Å²) in [6, 6.07) is 13.8. The number of hydrogen-bond acceptors (Lipinski definition) is 3. The molecular weight excluding hydrogens is 262 g/mol. The van der Waals surface area contributed by atoms with Crippen LogP contribution in [-0.2, 0) is 0 Å². The first-order valence-electron chi connectivity index (χ1n) is 5.97. The Bertz CT molecular complexity index is 567. The Kier molecular flexibility index (Phi) is 4.42. The van der Waals surface area contributed by atoms with E-state index in [0.29, 0.717) is 23.6 Å². The molecule has 0 aliphatic heterocycles. The Morgan fingerprint density at radius 2 is 1.79 bits per heavy atom. The Labute approximate surface area is 116 Å². The summed E-state index contributed by atoms with van der Waals surface area (Å²) in [4.78, 5) is 11.9. The van der Waals surface area contributed by atoms with Crippen LogP contribution in [0, 0.1) is 0 Å². The lowest BCUT2D eigenvalue weighted by molar-refractivity contribution is 0.0984. The number of rotatable bonds is 5. The molecule has 2 aromatic carbocycles. The van der Waals surface area contributed by atoms with Crippen molar-refractivity contribution in [3.63, 3.8) is 0 Å². The summed E-state index contributed by atoms with van der Waals surface area (Å²) in [6.07, 6.45) is 0.320. The van der Waals surface area contributed by atoms with Crippen molar-refractivity contribution in [1.29, 1.82) is 0 Å². The zero-order chi connectivity index (χ0) is 13.7. The van der Waals surface area contributed by atoms with E-state index in [4.69, 9.17) is 11.6 Å². The van der Waals surface area contributed by atoms with Gasteiger partial charge in [-0.15, -0.1) is 0 Å². The quantitative estimate of drug-likeness (QED) is 0.818. The fraction of sp³-hybridized carbons (Fsp3) is 0.133. The molecule has 0 heterocycles. The predicted octanol–water partition coefficient (Wildman–Crippen LogP) is 3.73. The van der Waals surface area contributed by atoms with Crippen LogP contribution in [0.3, 0.4) is 0 Å². The number of phenolic OH excluding ortho intramolecular Hbond substituents is 1. The molecule has 0 saturated carbocycles. The summed E-state index contributed by atoms with van der Waals surface area (Å²) >= 11 is 5.78. The van der Waals surface area contributed by atoms with Gasteiger partial charge in [0.1, 0.15) is 5.75 Å². The highest BCUT2D eigenvalue weighted by Crippen LogP contribution is 2.18. The normalized spacial score (nSPS) is 10.2. The van der Waals surface area contributed by atoms with Crippen molar-refractivity contribution in [3.8, 4) is 5.75 Å². The van der Waals surface area contributed by atoms with Crippen LogP contribution in [0.25, 0.3) is 0 Å². The lowest BCUT2D eigenvalue weighted by Gasteiger charge is -2.06. The van der Waals surface area contributed by atoms with Gasteiger partial charge in [-0.05, 0) is 36.4 Å². The van der Waals surface area contributed by atoms with Crippen LogP contribution in [-0.4, -0.2) is 17.4 Å². The molecular formula is C15H14ClNO2. The third kappa shape index (κ3) is 3.73. The number of benzene rings is 2. The molecule has 0 spiro atoms. The van der Waals surface area contributed by atoms with Crippen LogP contribution in [0.4, 0.5) is 5.69 Å². The fourth-order valence-electron chi connectivity index (χ4n) is 1.73. The minimum atomic E-state index is -0.0837. The second-order valence-electron chi connectivity index (χ2n) is 4.12. The molecule has 98 valence electrons. The van der Waals surface area contributed by atoms with E-state index in [1.807, 2.05) is 12.1 Å². The maximum absolute atomic E-state index is 11.9. The molecule has 2 aromatic rings. The number of halogens is 1. The van der Waals surface area contributed by atoms with Gasteiger partial charge in [0.25, 0.3) is 0 Å². The maximum Gasteiger partial charge on any atom is 0.168 e. The lowest BCUT2D eigenvalue weighted by Crippen LogP contribution is -2.08. The van der Waals surface area contributed by atoms with E-state index in [1.165, 1.54) is 6.07 Å². The third-order valence-corrected chi connectivity index (χ3v) is 2.98. The number of nitrogens with one attached hydrogen (secondary N) is 1. The van der Waals surface area contributed by atoms with Crippen molar-refractivity contribution in [2.75, 3.05) is 11.9 Å². The van der Waals surface area contributed by atoms with E-state index in [2.05, 4.69) is 5.32 Å². The Hall–Kier alpha value is -2.00. The van der Waals surface area contributed by atoms with Crippen molar-refractivity contribution in [3.05, 3.63) is 59.1 Å². The summed E-state index contributed by atoms with van der Waals surface area (Å²) in [5.41, 5.74) is 1.27. The molecule has 0 atom stereocenters. The van der Waals surface area contributed by atoms with Crippen LogP contribution in [0.1, 0.15) is 16.8 Å². The summed E-state index contributed by atoms with van der Waals surface area (Å²) in [5.74, 6) is -0.0569. The Balaban J connectivity index is 1.88. The molecule has 0 saturated heterocycles. The average Bonchev–Trinajstić information content (AvgIpc) is 2.41. The van der Waals surface area contributed by atoms with Crippen LogP contribution < -0.4 is 5.32 Å². The van der Waals surface area contributed by atoms with Gasteiger partial charge in [0, 0.05) is 23.7 Å². The second kappa shape index (κ2) is 6.25. The minimum Gasteiger partial charge on any atom is -0.507 e. The monoisotopic (exact) mass is 275 g/mol. The van der Waals surface area contributed by atoms with Gasteiger partial charge in [0.05, 0.1) is 5.56 Å². The number of hydrogen-bond donors (Lipinski definition) is 2. The van der Waals surface area contributed by atoms with E-state index >= 15 is 0 Å². The van der Waals surface area contributed by atoms with Crippen LogP contribution >= 0.6 is 11.6 Å². The smallest absolute Gasteiger partial charge is 0.168 e. The van der Waals surface area contributed by atoms with Gasteiger partial charge in [0.15, 0.2) is 5.78 Å². The van der Waals surface area contributed by atoms with Crippen LogP contribution in [0.2, 0.25) is 5.02 Å². The van der Waals surface area contributed by atoms with Gasteiger partial charge < -0.3 is 10.4 Å². The van der Waals surface area contributed by atoms with Gasteiger partial charge >= 0.3 is 0 Å². The Morgan fingerprint density at radius 1 is 1.11 bits per heavy atom. The summed E-state index contributed by atoms with van der Waals surface area (Å²) in [5, 5.41) is 13.4. The fourth-order valence-corrected chi connectivity index (χ4v) is 1.86. The molecule has 0 aliphatic carbocycles. The topological polar surface area (TPSA) is 49.3 Å². The van der Waals surface area contributed by atoms with Gasteiger partial charge in [0.2, 0.25) is 0 Å². The number of carbonyl (C=O) groups is 1. The van der Waals surface area contributed by atoms with E-state index in [-0.39, 0.29) is 11.5 Å². The molecule has 3 nitrogen and oxygen atoms in total. The SMILES string of the molecule is O=C(CCNc1ccc(Cl)cc1)c1ccccc1O. The molecule has 19 heavy (non-hydrogen) atoms. The number of ketones is 1. The summed E-state index contributed by atoms with van der Waals surface area (Å²) in [6.45, 7) is 0.509. The number of carbonyl (C=O) groups excluding carboxylic acids is 1. The third-order valence-electron chi connectivity index (χ3n) is 2.73. The molecule has 0 bridgehead atoms. The zero-order valence-corrected chi connectivity index (χ0v) is 11.0. The minimum absolute atomic E-state index is 0.0268. The highest BCUT2D eigenvalue weighted by atomic mass is 35.5. The number of para-hydroxylation sites is 1. The zero-order valence-electron chi connectivity index (χ0n) is 10.3. The van der Waals surface area contributed by atoms with E-state index in [0.717, 1.165) is 5.69 Å². The van der Waals surface area contributed by atoms with Crippen molar-refractivity contribution in [2.24, 2.45) is 0 Å². The van der Waals surface area contributed by atoms with Crippen LogP contribution in [0.15, 0.2) is 48.5 Å². The standard InChI is InChI=1S/C15H14ClNO2/c16-11-5-7-12(8-6-11)17-10-9-15(19)13-3-1-2-4-14(13)18/h1-8,17-18H,9-10H2. The van der Waals surface area contributed by atoms with Crippen molar-refractivity contribution in [1.82, 2.24) is 0 Å². The number of Topliss-reactive ketones (excluding diaryl/α,β-unsaturated/α-hetero) is 1. The summed E-state index contributed by atoms with van der Waals surface area (Å²) in [7, 11) is 0. The first-order valence-corrected chi connectivity index (χ1v) is 6.35.